The Kier molecular flexibility index (Phi) is 6.43. The highest BCUT2D eigenvalue weighted by Gasteiger charge is 2.52. The first-order valence-electron chi connectivity index (χ1n) is 11.8. The van der Waals surface area contributed by atoms with E-state index in [-0.39, 0.29) is 16.6 Å². The molecule has 3 nitrogen and oxygen atoms in total. The lowest BCUT2D eigenvalue weighted by Crippen LogP contribution is -2.68. The lowest BCUT2D eigenvalue weighted by Gasteiger charge is -2.43. The van der Waals surface area contributed by atoms with Crippen LogP contribution in [0.15, 0.2) is 78.9 Å². The summed E-state index contributed by atoms with van der Waals surface area (Å²) in [6.07, 6.45) is 0.228. The van der Waals surface area contributed by atoms with Crippen LogP contribution in [0.1, 0.15) is 47.1 Å². The molecule has 4 rings (SSSR count). The highest BCUT2D eigenvalue weighted by molar-refractivity contribution is 7.00. The summed E-state index contributed by atoms with van der Waals surface area (Å²) >= 11 is 0. The van der Waals surface area contributed by atoms with Crippen molar-refractivity contribution in [3.8, 4) is 11.5 Å². The van der Waals surface area contributed by atoms with E-state index in [0.717, 1.165) is 23.7 Å². The van der Waals surface area contributed by atoms with Gasteiger partial charge in [0, 0.05) is 5.56 Å². The molecule has 0 N–H and O–H groups in total. The molecule has 174 valence electrons. The quantitative estimate of drug-likeness (QED) is 0.335. The van der Waals surface area contributed by atoms with Crippen LogP contribution in [0.2, 0.25) is 5.04 Å². The van der Waals surface area contributed by atoms with E-state index in [9.17, 15) is 0 Å². The number of rotatable bonds is 7. The van der Waals surface area contributed by atoms with Crippen molar-refractivity contribution in [2.75, 3.05) is 13.2 Å². The van der Waals surface area contributed by atoms with Gasteiger partial charge in [-0.25, -0.2) is 0 Å². The molecule has 0 amide bonds. The van der Waals surface area contributed by atoms with E-state index in [1.807, 2.05) is 0 Å². The SMILES string of the molecule is CC(C)(C)c1cc(O[Si](c2ccccc2)(c2ccccc2)C(C)(C)C)ccc1OC[C@@H]1CO1. The van der Waals surface area contributed by atoms with Crippen LogP contribution in [0, 0.1) is 0 Å². The molecule has 3 aromatic carbocycles. The minimum absolute atomic E-state index is 0.0788. The summed E-state index contributed by atoms with van der Waals surface area (Å²) in [7, 11) is -2.68. The smallest absolute Gasteiger partial charge is 0.319 e. The first-order valence-corrected chi connectivity index (χ1v) is 13.7. The van der Waals surface area contributed by atoms with Crippen molar-refractivity contribution in [2.24, 2.45) is 0 Å². The lowest BCUT2D eigenvalue weighted by molar-refractivity contribution is 0.258. The first-order chi connectivity index (χ1) is 15.6. The van der Waals surface area contributed by atoms with Gasteiger partial charge in [0.1, 0.15) is 24.2 Å². The molecule has 0 aromatic heterocycles. The number of ether oxygens (including phenoxy) is 2. The third-order valence-corrected chi connectivity index (χ3v) is 11.2. The molecule has 0 aliphatic carbocycles. The Hall–Kier alpha value is -2.56. The molecule has 1 saturated heterocycles. The topological polar surface area (TPSA) is 31.0 Å². The van der Waals surface area contributed by atoms with Crippen LogP contribution >= 0.6 is 0 Å². The summed E-state index contributed by atoms with van der Waals surface area (Å²) in [6.45, 7) is 14.9. The zero-order valence-electron chi connectivity index (χ0n) is 20.7. The molecule has 1 atom stereocenters. The van der Waals surface area contributed by atoms with Crippen LogP contribution < -0.4 is 19.5 Å². The van der Waals surface area contributed by atoms with Crippen molar-refractivity contribution in [2.45, 2.75) is 58.1 Å². The Labute approximate surface area is 199 Å². The van der Waals surface area contributed by atoms with Gasteiger partial charge in [-0.05, 0) is 39.0 Å². The predicted molar refractivity (Wildman–Crippen MR) is 139 cm³/mol. The van der Waals surface area contributed by atoms with E-state index in [4.69, 9.17) is 13.9 Å². The second-order valence-electron chi connectivity index (χ2n) is 10.9. The van der Waals surface area contributed by atoms with E-state index in [1.54, 1.807) is 0 Å². The molecule has 0 spiro atoms. The zero-order chi connectivity index (χ0) is 23.7. The van der Waals surface area contributed by atoms with Gasteiger partial charge in [-0.3, -0.25) is 0 Å². The summed E-state index contributed by atoms with van der Waals surface area (Å²) in [5, 5.41) is 2.45. The second-order valence-corrected chi connectivity index (χ2v) is 15.2. The fourth-order valence-corrected chi connectivity index (χ4v) is 8.87. The average molecular weight is 461 g/mol. The number of epoxide rings is 1. The van der Waals surface area contributed by atoms with Gasteiger partial charge in [-0.2, -0.15) is 0 Å². The summed E-state index contributed by atoms with van der Waals surface area (Å²) in [5.74, 6) is 1.80. The highest BCUT2D eigenvalue weighted by Crippen LogP contribution is 2.40. The maximum atomic E-state index is 7.23. The van der Waals surface area contributed by atoms with Gasteiger partial charge in [-0.15, -0.1) is 0 Å². The van der Waals surface area contributed by atoms with Crippen LogP contribution in [0.4, 0.5) is 0 Å². The van der Waals surface area contributed by atoms with E-state index in [2.05, 4.69) is 120 Å². The van der Waals surface area contributed by atoms with Crippen molar-refractivity contribution in [1.29, 1.82) is 0 Å². The van der Waals surface area contributed by atoms with Crippen LogP contribution in [-0.4, -0.2) is 27.6 Å². The van der Waals surface area contributed by atoms with Gasteiger partial charge in [0.2, 0.25) is 0 Å². The molecule has 0 radical (unpaired) electrons. The van der Waals surface area contributed by atoms with Crippen LogP contribution in [0.5, 0.6) is 11.5 Å². The van der Waals surface area contributed by atoms with E-state index < -0.39 is 8.32 Å². The van der Waals surface area contributed by atoms with Gasteiger partial charge in [-0.1, -0.05) is 102 Å². The van der Waals surface area contributed by atoms with Crippen LogP contribution in [0.3, 0.4) is 0 Å². The van der Waals surface area contributed by atoms with E-state index in [1.165, 1.54) is 10.4 Å². The van der Waals surface area contributed by atoms with E-state index >= 15 is 0 Å². The maximum Gasteiger partial charge on any atom is 0.319 e. The minimum atomic E-state index is -2.68. The normalized spacial score (nSPS) is 16.4. The number of hydrogen-bond donors (Lipinski definition) is 0. The first kappa shape index (κ1) is 23.6. The standard InChI is InChI=1S/C29H36O3Si/c1-28(2,3)26-19-22(17-18-27(26)31-21-23-20-30-23)32-33(29(4,5)6,24-13-9-7-10-14-24)25-15-11-8-12-16-25/h7-19,23H,20-21H2,1-6H3/t23-/m0/s1. The van der Waals surface area contributed by atoms with Crippen molar-refractivity contribution in [3.05, 3.63) is 84.4 Å². The molecule has 33 heavy (non-hydrogen) atoms. The van der Waals surface area contributed by atoms with Gasteiger partial charge >= 0.3 is 8.32 Å². The summed E-state index contributed by atoms with van der Waals surface area (Å²) in [5.41, 5.74) is 1.07. The molecule has 1 aliphatic rings. The fourth-order valence-electron chi connectivity index (χ4n) is 4.46. The van der Waals surface area contributed by atoms with Gasteiger partial charge < -0.3 is 13.9 Å². The van der Waals surface area contributed by atoms with Gasteiger partial charge in [0.25, 0.3) is 0 Å². The third-order valence-electron chi connectivity index (χ3n) is 6.27. The summed E-state index contributed by atoms with van der Waals surface area (Å²) in [4.78, 5) is 0. The second kappa shape index (κ2) is 9.00. The predicted octanol–water partition coefficient (Wildman–Crippen LogP) is 5.70. The monoisotopic (exact) mass is 460 g/mol. The molecule has 1 aliphatic heterocycles. The summed E-state index contributed by atoms with van der Waals surface area (Å²) in [6, 6.07) is 27.8. The average Bonchev–Trinajstić information content (AvgIpc) is 3.61. The maximum absolute atomic E-state index is 7.23. The third kappa shape index (κ3) is 5.02. The molecule has 4 heteroatoms. The molecule has 1 heterocycles. The van der Waals surface area contributed by atoms with Crippen molar-refractivity contribution in [3.63, 3.8) is 0 Å². The Bertz CT molecular complexity index is 1020. The van der Waals surface area contributed by atoms with Crippen molar-refractivity contribution in [1.82, 2.24) is 0 Å². The molecular formula is C29H36O3Si. The largest absolute Gasteiger partial charge is 0.534 e. The van der Waals surface area contributed by atoms with Crippen molar-refractivity contribution >= 4 is 18.7 Å². The lowest BCUT2D eigenvalue weighted by atomic mass is 9.86. The van der Waals surface area contributed by atoms with Crippen LogP contribution in [0.25, 0.3) is 0 Å². The van der Waals surface area contributed by atoms with E-state index in [0.29, 0.717) is 6.61 Å². The molecule has 3 aromatic rings. The molecule has 1 fully saturated rings. The Morgan fingerprint density at radius 2 is 1.36 bits per heavy atom. The molecule has 0 unspecified atom stereocenters. The van der Waals surface area contributed by atoms with Crippen molar-refractivity contribution < 1.29 is 13.9 Å². The molecular weight excluding hydrogens is 424 g/mol. The van der Waals surface area contributed by atoms with Gasteiger partial charge in [0.15, 0.2) is 0 Å². The Morgan fingerprint density at radius 1 is 0.818 bits per heavy atom. The summed E-state index contributed by atoms with van der Waals surface area (Å²) < 4.78 is 18.7. The minimum Gasteiger partial charge on any atom is -0.534 e. The molecule has 0 bridgehead atoms. The zero-order valence-corrected chi connectivity index (χ0v) is 21.7. The number of benzene rings is 3. The Balaban J connectivity index is 1.82. The molecule has 0 saturated carbocycles. The number of hydrogen-bond acceptors (Lipinski definition) is 3. The Morgan fingerprint density at radius 3 is 1.82 bits per heavy atom. The fraction of sp³-hybridized carbons (Fsp3) is 0.379. The highest BCUT2D eigenvalue weighted by atomic mass is 28.4. The van der Waals surface area contributed by atoms with Crippen LogP contribution in [-0.2, 0) is 10.2 Å². The van der Waals surface area contributed by atoms with Gasteiger partial charge in [0.05, 0.1) is 6.61 Å².